The van der Waals surface area contributed by atoms with Crippen molar-refractivity contribution >= 4 is 23.4 Å². The van der Waals surface area contributed by atoms with Crippen molar-refractivity contribution in [3.8, 4) is 0 Å². The third-order valence-corrected chi connectivity index (χ3v) is 5.31. The van der Waals surface area contributed by atoms with Crippen LogP contribution in [0.2, 0.25) is 0 Å². The monoisotopic (exact) mass is 381 g/mol. The fourth-order valence-electron chi connectivity index (χ4n) is 3.86. The topological polar surface area (TPSA) is 91.7 Å². The minimum atomic E-state index is -0.318. The maximum Gasteiger partial charge on any atom is 0.251 e. The van der Waals surface area contributed by atoms with Crippen LogP contribution in [0.3, 0.4) is 0 Å². The molecule has 4 rings (SSSR count). The highest BCUT2D eigenvalue weighted by molar-refractivity contribution is 5.98. The van der Waals surface area contributed by atoms with Gasteiger partial charge in [-0.25, -0.2) is 0 Å². The van der Waals surface area contributed by atoms with Gasteiger partial charge in [0.05, 0.1) is 18.8 Å². The van der Waals surface area contributed by atoms with Crippen molar-refractivity contribution in [2.24, 2.45) is 0 Å². The summed E-state index contributed by atoms with van der Waals surface area (Å²) in [4.78, 5) is 38.1. The van der Waals surface area contributed by atoms with Crippen molar-refractivity contribution in [3.05, 3.63) is 53.5 Å². The smallest absolute Gasteiger partial charge is 0.251 e. The summed E-state index contributed by atoms with van der Waals surface area (Å²) in [6.45, 7) is 0.624. The molecule has 1 aliphatic carbocycles. The zero-order valence-corrected chi connectivity index (χ0v) is 15.6. The SMILES string of the molecule is O=C(CNC(=O)c1ccc(N2CCCC2=O)cc1)NC1CCCc2occc21. The van der Waals surface area contributed by atoms with Crippen LogP contribution in [0, 0.1) is 0 Å². The lowest BCUT2D eigenvalue weighted by Gasteiger charge is -2.22. The Morgan fingerprint density at radius 3 is 2.68 bits per heavy atom. The van der Waals surface area contributed by atoms with Crippen LogP contribution in [0.25, 0.3) is 0 Å². The lowest BCUT2D eigenvalue weighted by atomic mass is 9.93. The Labute approximate surface area is 163 Å². The fraction of sp³-hybridized carbons (Fsp3) is 0.381. The highest BCUT2D eigenvalue weighted by Gasteiger charge is 2.24. The molecule has 2 heterocycles. The summed E-state index contributed by atoms with van der Waals surface area (Å²) in [5.41, 5.74) is 2.28. The zero-order valence-electron chi connectivity index (χ0n) is 15.6. The second-order valence-electron chi connectivity index (χ2n) is 7.19. The molecule has 1 aromatic heterocycles. The molecular weight excluding hydrogens is 358 g/mol. The van der Waals surface area contributed by atoms with Crippen molar-refractivity contribution < 1.29 is 18.8 Å². The summed E-state index contributed by atoms with van der Waals surface area (Å²) in [6.07, 6.45) is 5.80. The summed E-state index contributed by atoms with van der Waals surface area (Å²) in [6, 6.07) is 8.70. The first-order valence-electron chi connectivity index (χ1n) is 9.66. The van der Waals surface area contributed by atoms with Crippen molar-refractivity contribution in [2.45, 2.75) is 38.1 Å². The molecule has 2 N–H and O–H groups in total. The summed E-state index contributed by atoms with van der Waals surface area (Å²) in [7, 11) is 0. The Morgan fingerprint density at radius 1 is 1.11 bits per heavy atom. The number of fused-ring (bicyclic) bond motifs is 1. The Hall–Kier alpha value is -3.09. The van der Waals surface area contributed by atoms with Crippen molar-refractivity contribution in [1.29, 1.82) is 0 Å². The van der Waals surface area contributed by atoms with E-state index in [4.69, 9.17) is 4.42 Å². The Morgan fingerprint density at radius 2 is 1.93 bits per heavy atom. The third-order valence-electron chi connectivity index (χ3n) is 5.31. The lowest BCUT2D eigenvalue weighted by molar-refractivity contribution is -0.121. The molecule has 1 unspecified atom stereocenters. The highest BCUT2D eigenvalue weighted by Crippen LogP contribution is 2.30. The molecule has 2 aromatic rings. The van der Waals surface area contributed by atoms with Gasteiger partial charge >= 0.3 is 0 Å². The van der Waals surface area contributed by atoms with Crippen molar-refractivity contribution in [3.63, 3.8) is 0 Å². The largest absolute Gasteiger partial charge is 0.469 e. The molecule has 0 saturated carbocycles. The number of carbonyl (C=O) groups is 3. The van der Waals surface area contributed by atoms with E-state index in [9.17, 15) is 14.4 Å². The number of amides is 3. The van der Waals surface area contributed by atoms with E-state index in [1.54, 1.807) is 35.4 Å². The number of nitrogens with zero attached hydrogens (tertiary/aromatic N) is 1. The Balaban J connectivity index is 1.30. The molecule has 1 aliphatic heterocycles. The molecule has 28 heavy (non-hydrogen) atoms. The molecule has 1 fully saturated rings. The number of rotatable bonds is 5. The van der Waals surface area contributed by atoms with Crippen LogP contribution in [-0.4, -0.2) is 30.8 Å². The summed E-state index contributed by atoms with van der Waals surface area (Å²) in [5.74, 6) is 0.489. The second kappa shape index (κ2) is 7.88. The number of hydrogen-bond donors (Lipinski definition) is 2. The zero-order chi connectivity index (χ0) is 19.5. The Bertz CT molecular complexity index is 887. The molecule has 1 saturated heterocycles. The van der Waals surface area contributed by atoms with E-state index in [0.29, 0.717) is 18.5 Å². The molecule has 0 radical (unpaired) electrons. The molecule has 146 valence electrons. The number of anilines is 1. The molecule has 2 aliphatic rings. The third kappa shape index (κ3) is 3.78. The number of furan rings is 1. The van der Waals surface area contributed by atoms with Crippen LogP contribution in [-0.2, 0) is 16.0 Å². The van der Waals surface area contributed by atoms with Gasteiger partial charge in [0.25, 0.3) is 5.91 Å². The number of nitrogens with one attached hydrogen (secondary N) is 2. The van der Waals surface area contributed by atoms with Crippen molar-refractivity contribution in [1.82, 2.24) is 10.6 Å². The van der Waals surface area contributed by atoms with Gasteiger partial charge in [0, 0.05) is 36.2 Å². The minimum absolute atomic E-state index is 0.0656. The molecular formula is C21H23N3O4. The van der Waals surface area contributed by atoms with Crippen LogP contribution < -0.4 is 15.5 Å². The Kier molecular flexibility index (Phi) is 5.14. The number of aryl methyl sites for hydroxylation is 1. The van der Waals surface area contributed by atoms with Crippen molar-refractivity contribution in [2.75, 3.05) is 18.0 Å². The van der Waals surface area contributed by atoms with E-state index in [-0.39, 0.29) is 30.3 Å². The predicted octanol–water partition coefficient (Wildman–Crippen LogP) is 2.33. The fourth-order valence-corrected chi connectivity index (χ4v) is 3.86. The van der Waals surface area contributed by atoms with Gasteiger partial charge in [-0.3, -0.25) is 14.4 Å². The molecule has 1 aromatic carbocycles. The summed E-state index contributed by atoms with van der Waals surface area (Å²) < 4.78 is 5.43. The normalized spacial score (nSPS) is 18.6. The van der Waals surface area contributed by atoms with E-state index < -0.39 is 0 Å². The van der Waals surface area contributed by atoms with Gasteiger partial charge in [0.2, 0.25) is 11.8 Å². The van der Waals surface area contributed by atoms with E-state index in [1.807, 2.05) is 6.07 Å². The molecule has 7 nitrogen and oxygen atoms in total. The molecule has 0 bridgehead atoms. The van der Waals surface area contributed by atoms with Crippen LogP contribution in [0.1, 0.15) is 53.4 Å². The van der Waals surface area contributed by atoms with Gasteiger partial charge in [-0.1, -0.05) is 0 Å². The lowest BCUT2D eigenvalue weighted by Crippen LogP contribution is -2.39. The van der Waals surface area contributed by atoms with Gasteiger partial charge < -0.3 is 20.0 Å². The van der Waals surface area contributed by atoms with E-state index in [1.165, 1.54) is 0 Å². The van der Waals surface area contributed by atoms with E-state index >= 15 is 0 Å². The second-order valence-corrected chi connectivity index (χ2v) is 7.19. The molecule has 7 heteroatoms. The summed E-state index contributed by atoms with van der Waals surface area (Å²) in [5, 5.41) is 5.61. The van der Waals surface area contributed by atoms with Gasteiger partial charge in [-0.15, -0.1) is 0 Å². The van der Waals surface area contributed by atoms with E-state index in [2.05, 4.69) is 10.6 Å². The standard InChI is InChI=1S/C21H23N3O4/c25-19(23-17-3-1-4-18-16(17)10-12-28-18)13-22-21(27)14-6-8-15(9-7-14)24-11-2-5-20(24)26/h6-10,12,17H,1-5,11,13H2,(H,22,27)(H,23,25). The van der Waals surface area contributed by atoms with Crippen LogP contribution >= 0.6 is 0 Å². The van der Waals surface area contributed by atoms with Crippen LogP contribution in [0.15, 0.2) is 41.0 Å². The number of hydrogen-bond acceptors (Lipinski definition) is 4. The first-order chi connectivity index (χ1) is 13.6. The molecule has 1 atom stereocenters. The average Bonchev–Trinajstić information content (AvgIpc) is 3.35. The van der Waals surface area contributed by atoms with Gasteiger partial charge in [-0.2, -0.15) is 0 Å². The first kappa shape index (κ1) is 18.3. The minimum Gasteiger partial charge on any atom is -0.469 e. The average molecular weight is 381 g/mol. The number of benzene rings is 1. The molecule has 0 spiro atoms. The van der Waals surface area contributed by atoms with E-state index in [0.717, 1.165) is 42.7 Å². The molecule has 3 amide bonds. The van der Waals surface area contributed by atoms with Gasteiger partial charge in [0.15, 0.2) is 0 Å². The van der Waals surface area contributed by atoms with Crippen LogP contribution in [0.4, 0.5) is 5.69 Å². The predicted molar refractivity (Wildman–Crippen MR) is 103 cm³/mol. The maximum absolute atomic E-state index is 12.3. The quantitative estimate of drug-likeness (QED) is 0.832. The maximum atomic E-state index is 12.3. The van der Waals surface area contributed by atoms with Gasteiger partial charge in [-0.05, 0) is 49.6 Å². The first-order valence-corrected chi connectivity index (χ1v) is 9.66. The summed E-state index contributed by atoms with van der Waals surface area (Å²) >= 11 is 0. The van der Waals surface area contributed by atoms with Crippen LogP contribution in [0.5, 0.6) is 0 Å². The highest BCUT2D eigenvalue weighted by atomic mass is 16.3. The van der Waals surface area contributed by atoms with Gasteiger partial charge in [0.1, 0.15) is 5.76 Å². The number of carbonyl (C=O) groups excluding carboxylic acids is 3.